The van der Waals surface area contributed by atoms with Gasteiger partial charge in [0.05, 0.1) is 0 Å². The summed E-state index contributed by atoms with van der Waals surface area (Å²) in [6, 6.07) is 6.44. The van der Waals surface area contributed by atoms with Crippen LogP contribution in [0.2, 0.25) is 0 Å². The summed E-state index contributed by atoms with van der Waals surface area (Å²) in [6.07, 6.45) is 0. The van der Waals surface area contributed by atoms with Crippen molar-refractivity contribution in [2.75, 3.05) is 13.6 Å². The Labute approximate surface area is 102 Å². The Kier molecular flexibility index (Phi) is 5.46. The summed E-state index contributed by atoms with van der Waals surface area (Å²) in [5, 5.41) is 6.39. The molecule has 0 unspecified atom stereocenters. The Hall–Kier alpha value is -1.58. The molecular weight excluding hydrogens is 217 g/mol. The number of hydrogen-bond acceptors (Lipinski definition) is 1. The van der Waals surface area contributed by atoms with E-state index >= 15 is 0 Å². The standard InChI is InChI=1S/C13H20FN3/c1-10(2)8-16-13(15-3)17-9-11-4-6-12(14)7-5-11/h4-7,10H,8-9H2,1-3H3,(H2,15,16,17). The predicted octanol–water partition coefficient (Wildman–Crippen LogP) is 2.15. The van der Waals surface area contributed by atoms with Gasteiger partial charge in [-0.2, -0.15) is 0 Å². The highest BCUT2D eigenvalue weighted by Crippen LogP contribution is 2.01. The van der Waals surface area contributed by atoms with Gasteiger partial charge in [-0.3, -0.25) is 4.99 Å². The van der Waals surface area contributed by atoms with Gasteiger partial charge in [0.1, 0.15) is 5.82 Å². The molecule has 2 N–H and O–H groups in total. The second-order valence-corrected chi connectivity index (χ2v) is 4.33. The molecule has 1 aromatic carbocycles. The molecule has 17 heavy (non-hydrogen) atoms. The molecule has 94 valence electrons. The average Bonchev–Trinajstić information content (AvgIpc) is 2.31. The second kappa shape index (κ2) is 6.89. The largest absolute Gasteiger partial charge is 0.356 e. The number of aliphatic imine (C=N–C) groups is 1. The molecule has 0 heterocycles. The van der Waals surface area contributed by atoms with Crippen LogP contribution in [0.15, 0.2) is 29.3 Å². The molecule has 0 aliphatic rings. The molecular formula is C13H20FN3. The van der Waals surface area contributed by atoms with E-state index in [1.54, 1.807) is 19.2 Å². The molecule has 0 fully saturated rings. The lowest BCUT2D eigenvalue weighted by molar-refractivity contribution is 0.614. The first-order chi connectivity index (χ1) is 8.11. The van der Waals surface area contributed by atoms with Crippen LogP contribution in [0.3, 0.4) is 0 Å². The molecule has 1 aromatic rings. The fraction of sp³-hybridized carbons (Fsp3) is 0.462. The molecule has 0 aliphatic heterocycles. The minimum Gasteiger partial charge on any atom is -0.356 e. The molecule has 4 heteroatoms. The number of halogens is 1. The van der Waals surface area contributed by atoms with E-state index in [9.17, 15) is 4.39 Å². The summed E-state index contributed by atoms with van der Waals surface area (Å²) in [6.45, 7) is 5.79. The van der Waals surface area contributed by atoms with E-state index in [1.807, 2.05) is 0 Å². The fourth-order valence-corrected chi connectivity index (χ4v) is 1.31. The average molecular weight is 237 g/mol. The molecule has 0 aromatic heterocycles. The zero-order chi connectivity index (χ0) is 12.7. The van der Waals surface area contributed by atoms with E-state index in [2.05, 4.69) is 29.5 Å². The molecule has 0 radical (unpaired) electrons. The van der Waals surface area contributed by atoms with Gasteiger partial charge in [-0.05, 0) is 23.6 Å². The molecule has 0 bridgehead atoms. The van der Waals surface area contributed by atoms with Crippen LogP contribution in [-0.4, -0.2) is 19.6 Å². The van der Waals surface area contributed by atoms with Gasteiger partial charge in [0.2, 0.25) is 0 Å². The molecule has 0 aliphatic carbocycles. The number of rotatable bonds is 4. The van der Waals surface area contributed by atoms with Gasteiger partial charge in [0.15, 0.2) is 5.96 Å². The van der Waals surface area contributed by atoms with Crippen molar-refractivity contribution in [1.29, 1.82) is 0 Å². The first-order valence-corrected chi connectivity index (χ1v) is 5.80. The van der Waals surface area contributed by atoms with Crippen molar-refractivity contribution in [1.82, 2.24) is 10.6 Å². The SMILES string of the molecule is CN=C(NCc1ccc(F)cc1)NCC(C)C. The number of benzene rings is 1. The predicted molar refractivity (Wildman–Crippen MR) is 69.4 cm³/mol. The number of nitrogens with one attached hydrogen (secondary N) is 2. The minimum absolute atomic E-state index is 0.212. The van der Waals surface area contributed by atoms with Crippen molar-refractivity contribution in [3.63, 3.8) is 0 Å². The number of guanidine groups is 1. The van der Waals surface area contributed by atoms with Gasteiger partial charge in [-0.25, -0.2) is 4.39 Å². The lowest BCUT2D eigenvalue weighted by atomic mass is 10.2. The normalized spacial score (nSPS) is 11.7. The first-order valence-electron chi connectivity index (χ1n) is 5.80. The molecule has 0 spiro atoms. The van der Waals surface area contributed by atoms with E-state index in [1.165, 1.54) is 12.1 Å². The van der Waals surface area contributed by atoms with Crippen LogP contribution in [0, 0.1) is 11.7 Å². The van der Waals surface area contributed by atoms with Gasteiger partial charge in [0, 0.05) is 20.1 Å². The van der Waals surface area contributed by atoms with Crippen molar-refractivity contribution in [2.45, 2.75) is 20.4 Å². The van der Waals surface area contributed by atoms with Gasteiger partial charge in [-0.1, -0.05) is 26.0 Å². The third kappa shape index (κ3) is 5.33. The Bertz CT molecular complexity index is 357. The third-order valence-electron chi connectivity index (χ3n) is 2.27. The molecule has 3 nitrogen and oxygen atoms in total. The summed E-state index contributed by atoms with van der Waals surface area (Å²) < 4.78 is 12.7. The maximum atomic E-state index is 12.7. The topological polar surface area (TPSA) is 36.4 Å². The molecule has 0 saturated carbocycles. The Morgan fingerprint density at radius 1 is 1.24 bits per heavy atom. The van der Waals surface area contributed by atoms with Crippen LogP contribution in [0.5, 0.6) is 0 Å². The minimum atomic E-state index is -0.212. The molecule has 0 amide bonds. The Balaban J connectivity index is 2.40. The van der Waals surface area contributed by atoms with Crippen molar-refractivity contribution in [2.24, 2.45) is 10.9 Å². The van der Waals surface area contributed by atoms with E-state index in [4.69, 9.17) is 0 Å². The quantitative estimate of drug-likeness (QED) is 0.622. The number of hydrogen-bond donors (Lipinski definition) is 2. The highest BCUT2D eigenvalue weighted by Gasteiger charge is 1.99. The van der Waals surface area contributed by atoms with E-state index in [0.29, 0.717) is 12.5 Å². The zero-order valence-electron chi connectivity index (χ0n) is 10.6. The van der Waals surface area contributed by atoms with Crippen LogP contribution < -0.4 is 10.6 Å². The van der Waals surface area contributed by atoms with Crippen LogP contribution in [0.4, 0.5) is 4.39 Å². The summed E-state index contributed by atoms with van der Waals surface area (Å²) in [4.78, 5) is 4.11. The van der Waals surface area contributed by atoms with Crippen LogP contribution in [0.25, 0.3) is 0 Å². The van der Waals surface area contributed by atoms with Gasteiger partial charge in [0.25, 0.3) is 0 Å². The van der Waals surface area contributed by atoms with Crippen LogP contribution in [-0.2, 0) is 6.54 Å². The van der Waals surface area contributed by atoms with Crippen LogP contribution >= 0.6 is 0 Å². The monoisotopic (exact) mass is 237 g/mol. The van der Waals surface area contributed by atoms with Crippen molar-refractivity contribution in [3.05, 3.63) is 35.6 Å². The van der Waals surface area contributed by atoms with E-state index < -0.39 is 0 Å². The maximum absolute atomic E-state index is 12.7. The van der Waals surface area contributed by atoms with Crippen LogP contribution in [0.1, 0.15) is 19.4 Å². The first kappa shape index (κ1) is 13.5. The summed E-state index contributed by atoms with van der Waals surface area (Å²) in [5.41, 5.74) is 1.03. The van der Waals surface area contributed by atoms with Gasteiger partial charge in [-0.15, -0.1) is 0 Å². The molecule has 1 rings (SSSR count). The second-order valence-electron chi connectivity index (χ2n) is 4.33. The Morgan fingerprint density at radius 3 is 2.41 bits per heavy atom. The summed E-state index contributed by atoms with van der Waals surface area (Å²) in [5.74, 6) is 1.12. The summed E-state index contributed by atoms with van der Waals surface area (Å²) in [7, 11) is 1.74. The maximum Gasteiger partial charge on any atom is 0.191 e. The van der Waals surface area contributed by atoms with Crippen molar-refractivity contribution in [3.8, 4) is 0 Å². The summed E-state index contributed by atoms with van der Waals surface area (Å²) >= 11 is 0. The lowest BCUT2D eigenvalue weighted by Gasteiger charge is -2.13. The molecule has 0 saturated heterocycles. The van der Waals surface area contributed by atoms with Crippen molar-refractivity contribution >= 4 is 5.96 Å². The lowest BCUT2D eigenvalue weighted by Crippen LogP contribution is -2.38. The highest BCUT2D eigenvalue weighted by molar-refractivity contribution is 5.79. The smallest absolute Gasteiger partial charge is 0.191 e. The van der Waals surface area contributed by atoms with E-state index in [0.717, 1.165) is 18.1 Å². The highest BCUT2D eigenvalue weighted by atomic mass is 19.1. The molecule has 0 atom stereocenters. The van der Waals surface area contributed by atoms with Gasteiger partial charge >= 0.3 is 0 Å². The van der Waals surface area contributed by atoms with Gasteiger partial charge < -0.3 is 10.6 Å². The zero-order valence-corrected chi connectivity index (χ0v) is 10.6. The number of nitrogens with zero attached hydrogens (tertiary/aromatic N) is 1. The third-order valence-corrected chi connectivity index (χ3v) is 2.27. The fourth-order valence-electron chi connectivity index (χ4n) is 1.31. The van der Waals surface area contributed by atoms with Crippen molar-refractivity contribution < 1.29 is 4.39 Å². The Morgan fingerprint density at radius 2 is 1.88 bits per heavy atom. The van der Waals surface area contributed by atoms with E-state index in [-0.39, 0.29) is 5.82 Å².